The maximum atomic E-state index is 12.8. The average molecular weight is 174 g/mol. The second-order valence-electron chi connectivity index (χ2n) is 2.05. The Hall–Kier alpha value is -0.960. The van der Waals surface area contributed by atoms with Gasteiger partial charge in [-0.3, -0.25) is 4.79 Å². The molecule has 0 radical (unpaired) electrons. The van der Waals surface area contributed by atoms with E-state index in [0.29, 0.717) is 6.29 Å². The van der Waals surface area contributed by atoms with Crippen molar-refractivity contribution < 1.29 is 9.18 Å². The van der Waals surface area contributed by atoms with Gasteiger partial charge in [0.2, 0.25) is 0 Å². The van der Waals surface area contributed by atoms with E-state index >= 15 is 0 Å². The predicted octanol–water partition coefficient (Wildman–Crippen LogP) is 2.00. The molecule has 0 aromatic carbocycles. The predicted molar refractivity (Wildman–Crippen MR) is 39.3 cm³/mol. The van der Waals surface area contributed by atoms with Gasteiger partial charge in [-0.25, -0.2) is 9.37 Å². The molecule has 0 saturated carbocycles. The number of aromatic nitrogens is 1. The Bertz CT molecular complexity index is 301. The van der Waals surface area contributed by atoms with Crippen molar-refractivity contribution in [2.24, 2.45) is 0 Å². The van der Waals surface area contributed by atoms with Gasteiger partial charge in [-0.05, 0) is 13.0 Å². The topological polar surface area (TPSA) is 30.0 Å². The number of nitrogens with zero attached hydrogens (tertiary/aromatic N) is 1. The Morgan fingerprint density at radius 2 is 2.36 bits per heavy atom. The molecule has 0 unspecified atom stereocenters. The Morgan fingerprint density at radius 1 is 1.73 bits per heavy atom. The van der Waals surface area contributed by atoms with Crippen LogP contribution in [0.25, 0.3) is 0 Å². The zero-order chi connectivity index (χ0) is 8.43. The first-order valence-corrected chi connectivity index (χ1v) is 3.30. The van der Waals surface area contributed by atoms with Crippen molar-refractivity contribution in [1.82, 2.24) is 4.98 Å². The molecule has 1 heterocycles. The van der Waals surface area contributed by atoms with Crippen LogP contribution in [0.1, 0.15) is 16.1 Å². The maximum absolute atomic E-state index is 12.8. The molecule has 4 heteroatoms. The number of rotatable bonds is 1. The highest BCUT2D eigenvalue weighted by Gasteiger charge is 2.06. The standard InChI is InChI=1S/C7H5ClFNO/c1-4-7(9)5(3-11)2-6(8)10-4/h2-3H,1H3. The zero-order valence-corrected chi connectivity index (χ0v) is 6.52. The fraction of sp³-hybridized carbons (Fsp3) is 0.143. The number of carbonyl (C=O) groups is 1. The molecule has 1 aromatic rings. The molecule has 1 rings (SSSR count). The molecule has 0 spiro atoms. The lowest BCUT2D eigenvalue weighted by atomic mass is 10.2. The van der Waals surface area contributed by atoms with Crippen molar-refractivity contribution in [2.45, 2.75) is 6.92 Å². The lowest BCUT2D eigenvalue weighted by Crippen LogP contribution is -1.94. The van der Waals surface area contributed by atoms with Crippen LogP contribution in [0.3, 0.4) is 0 Å². The summed E-state index contributed by atoms with van der Waals surface area (Å²) in [6.07, 6.45) is 0.413. The first kappa shape index (κ1) is 8.14. The molecule has 2 nitrogen and oxygen atoms in total. The second kappa shape index (κ2) is 2.96. The summed E-state index contributed by atoms with van der Waals surface area (Å²) in [5.41, 5.74) is 0.0853. The number of hydrogen-bond acceptors (Lipinski definition) is 2. The van der Waals surface area contributed by atoms with Crippen LogP contribution in [0, 0.1) is 12.7 Å². The number of aldehydes is 1. The maximum Gasteiger partial charge on any atom is 0.154 e. The van der Waals surface area contributed by atoms with E-state index in [4.69, 9.17) is 11.6 Å². The smallest absolute Gasteiger partial charge is 0.154 e. The van der Waals surface area contributed by atoms with E-state index in [1.807, 2.05) is 0 Å². The summed E-state index contributed by atoms with van der Waals surface area (Å²) in [7, 11) is 0. The molecule has 0 saturated heterocycles. The van der Waals surface area contributed by atoms with Crippen LogP contribution in [-0.2, 0) is 0 Å². The molecule has 0 aliphatic carbocycles. The van der Waals surface area contributed by atoms with E-state index in [1.54, 1.807) is 0 Å². The SMILES string of the molecule is Cc1nc(Cl)cc(C=O)c1F. The third-order valence-corrected chi connectivity index (χ3v) is 1.44. The number of halogens is 2. The minimum atomic E-state index is -0.607. The lowest BCUT2D eigenvalue weighted by molar-refractivity contribution is 0.111. The van der Waals surface area contributed by atoms with Crippen molar-refractivity contribution >= 4 is 17.9 Å². The van der Waals surface area contributed by atoms with Gasteiger partial charge in [0.15, 0.2) is 12.1 Å². The summed E-state index contributed by atoms with van der Waals surface area (Å²) in [6.45, 7) is 1.45. The number of carbonyl (C=O) groups excluding carboxylic acids is 1. The highest BCUT2D eigenvalue weighted by Crippen LogP contribution is 2.13. The van der Waals surface area contributed by atoms with Gasteiger partial charge in [-0.1, -0.05) is 11.6 Å². The van der Waals surface area contributed by atoms with Gasteiger partial charge in [0, 0.05) is 0 Å². The van der Waals surface area contributed by atoms with Gasteiger partial charge in [0.05, 0.1) is 11.3 Å². The molecule has 0 amide bonds. The fourth-order valence-corrected chi connectivity index (χ4v) is 0.972. The average Bonchev–Trinajstić information content (AvgIpc) is 1.96. The first-order chi connectivity index (χ1) is 5.15. The van der Waals surface area contributed by atoms with Gasteiger partial charge in [0.1, 0.15) is 5.15 Å². The molecular weight excluding hydrogens is 169 g/mol. The number of hydrogen-bond donors (Lipinski definition) is 0. The van der Waals surface area contributed by atoms with Gasteiger partial charge in [-0.2, -0.15) is 0 Å². The van der Waals surface area contributed by atoms with Crippen LogP contribution in [0.4, 0.5) is 4.39 Å². The highest BCUT2D eigenvalue weighted by atomic mass is 35.5. The monoisotopic (exact) mass is 173 g/mol. The third-order valence-electron chi connectivity index (χ3n) is 1.25. The minimum Gasteiger partial charge on any atom is -0.298 e. The largest absolute Gasteiger partial charge is 0.298 e. The molecular formula is C7H5ClFNO. The molecule has 0 atom stereocenters. The van der Waals surface area contributed by atoms with Gasteiger partial charge in [-0.15, -0.1) is 0 Å². The summed E-state index contributed by atoms with van der Waals surface area (Å²) in [4.78, 5) is 13.8. The van der Waals surface area contributed by atoms with Crippen LogP contribution < -0.4 is 0 Å². The van der Waals surface area contributed by atoms with E-state index in [9.17, 15) is 9.18 Å². The van der Waals surface area contributed by atoms with E-state index in [-0.39, 0.29) is 16.4 Å². The molecule has 0 aliphatic heterocycles. The minimum absolute atomic E-state index is 0.0532. The summed E-state index contributed by atoms with van der Waals surface area (Å²) < 4.78 is 12.8. The molecule has 0 fully saturated rings. The van der Waals surface area contributed by atoms with Crippen molar-refractivity contribution in [2.75, 3.05) is 0 Å². The van der Waals surface area contributed by atoms with Crippen LogP contribution in [0.5, 0.6) is 0 Å². The van der Waals surface area contributed by atoms with Crippen LogP contribution >= 0.6 is 11.6 Å². The molecule has 0 N–H and O–H groups in total. The zero-order valence-electron chi connectivity index (χ0n) is 5.77. The Morgan fingerprint density at radius 3 is 2.91 bits per heavy atom. The summed E-state index contributed by atoms with van der Waals surface area (Å²) in [5.74, 6) is -0.607. The third kappa shape index (κ3) is 1.54. The lowest BCUT2D eigenvalue weighted by Gasteiger charge is -1.98. The van der Waals surface area contributed by atoms with E-state index < -0.39 is 5.82 Å². The summed E-state index contributed by atoms with van der Waals surface area (Å²) in [5, 5.41) is 0.131. The Balaban J connectivity index is 3.35. The van der Waals surface area contributed by atoms with Crippen LogP contribution in [0.15, 0.2) is 6.07 Å². The molecule has 0 aliphatic rings. The Kier molecular flexibility index (Phi) is 2.19. The quantitative estimate of drug-likeness (QED) is 0.480. The molecule has 58 valence electrons. The second-order valence-corrected chi connectivity index (χ2v) is 2.44. The number of pyridine rings is 1. The van der Waals surface area contributed by atoms with E-state index in [2.05, 4.69) is 4.98 Å². The molecule has 1 aromatic heterocycles. The summed E-state index contributed by atoms with van der Waals surface area (Å²) >= 11 is 5.46. The normalized spacial score (nSPS) is 9.73. The van der Waals surface area contributed by atoms with E-state index in [0.717, 1.165) is 0 Å². The van der Waals surface area contributed by atoms with Crippen molar-refractivity contribution in [1.29, 1.82) is 0 Å². The van der Waals surface area contributed by atoms with Crippen molar-refractivity contribution in [3.63, 3.8) is 0 Å². The summed E-state index contributed by atoms with van der Waals surface area (Å²) in [6, 6.07) is 1.19. The molecule has 0 bridgehead atoms. The first-order valence-electron chi connectivity index (χ1n) is 2.93. The van der Waals surface area contributed by atoms with Gasteiger partial charge < -0.3 is 0 Å². The van der Waals surface area contributed by atoms with Crippen molar-refractivity contribution in [3.8, 4) is 0 Å². The van der Waals surface area contributed by atoms with Gasteiger partial charge >= 0.3 is 0 Å². The number of aryl methyl sites for hydroxylation is 1. The van der Waals surface area contributed by atoms with Gasteiger partial charge in [0.25, 0.3) is 0 Å². The van der Waals surface area contributed by atoms with Crippen LogP contribution in [0.2, 0.25) is 5.15 Å². The van der Waals surface area contributed by atoms with Crippen molar-refractivity contribution in [3.05, 3.63) is 28.3 Å². The fourth-order valence-electron chi connectivity index (χ4n) is 0.728. The molecule has 11 heavy (non-hydrogen) atoms. The highest BCUT2D eigenvalue weighted by molar-refractivity contribution is 6.29. The van der Waals surface area contributed by atoms with E-state index in [1.165, 1.54) is 13.0 Å². The van der Waals surface area contributed by atoms with Crippen LogP contribution in [-0.4, -0.2) is 11.3 Å². The Labute approximate surface area is 68.0 Å².